The van der Waals surface area contributed by atoms with Gasteiger partial charge in [-0.2, -0.15) is 13.8 Å². The third kappa shape index (κ3) is 6.19. The molecule has 0 spiro atoms. The van der Waals surface area contributed by atoms with E-state index in [0.717, 1.165) is 12.8 Å². The van der Waals surface area contributed by atoms with Crippen molar-refractivity contribution in [2.45, 2.75) is 31.9 Å². The molecule has 168 valence electrons. The van der Waals surface area contributed by atoms with E-state index in [9.17, 15) is 22.0 Å². The predicted molar refractivity (Wildman–Crippen MR) is 107 cm³/mol. The molecule has 1 aliphatic carbocycles. The van der Waals surface area contributed by atoms with Crippen LogP contribution in [0.2, 0.25) is 0 Å². The van der Waals surface area contributed by atoms with Crippen molar-refractivity contribution >= 4 is 17.5 Å². The third-order valence-electron chi connectivity index (χ3n) is 4.35. The number of nitrogens with one attached hydrogen (secondary N) is 2. The number of benzene rings is 2. The van der Waals surface area contributed by atoms with Gasteiger partial charge in [0, 0.05) is 23.4 Å². The van der Waals surface area contributed by atoms with Gasteiger partial charge in [0.05, 0.1) is 5.69 Å². The van der Waals surface area contributed by atoms with Crippen LogP contribution < -0.4 is 20.1 Å². The summed E-state index contributed by atoms with van der Waals surface area (Å²) < 4.78 is 70.7. The molecular weight excluding hydrogens is 435 g/mol. The van der Waals surface area contributed by atoms with Crippen molar-refractivity contribution in [3.8, 4) is 22.8 Å². The van der Waals surface area contributed by atoms with Crippen molar-refractivity contribution in [3.05, 3.63) is 54.6 Å². The summed E-state index contributed by atoms with van der Waals surface area (Å²) in [6.07, 6.45) is -2.87. The SMILES string of the molecule is FC(F)Oc1ccc(Nc2cc(-c3cccc(OC(F)(F)F)c3)nc(NC3CC3)n2)cc1. The molecule has 1 saturated carbocycles. The lowest BCUT2D eigenvalue weighted by atomic mass is 10.1. The fourth-order valence-electron chi connectivity index (χ4n) is 2.85. The number of halogens is 5. The smallest absolute Gasteiger partial charge is 0.435 e. The van der Waals surface area contributed by atoms with E-state index in [2.05, 4.69) is 30.1 Å². The summed E-state index contributed by atoms with van der Waals surface area (Å²) in [7, 11) is 0. The highest BCUT2D eigenvalue weighted by Crippen LogP contribution is 2.31. The summed E-state index contributed by atoms with van der Waals surface area (Å²) in [5.41, 5.74) is 1.32. The van der Waals surface area contributed by atoms with Crippen LogP contribution in [0.1, 0.15) is 12.8 Å². The molecular formula is C21H17F5N4O2. The van der Waals surface area contributed by atoms with Gasteiger partial charge in [-0.15, -0.1) is 13.2 Å². The first-order valence-electron chi connectivity index (χ1n) is 9.57. The van der Waals surface area contributed by atoms with Gasteiger partial charge < -0.3 is 20.1 Å². The van der Waals surface area contributed by atoms with Crippen LogP contribution in [0.4, 0.5) is 39.4 Å². The van der Waals surface area contributed by atoms with Gasteiger partial charge in [0.25, 0.3) is 0 Å². The molecule has 4 rings (SSSR count). The minimum absolute atomic E-state index is 0.00601. The molecule has 11 heteroatoms. The Hall–Kier alpha value is -3.63. The second-order valence-corrected chi connectivity index (χ2v) is 6.98. The van der Waals surface area contributed by atoms with Crippen LogP contribution in [0.25, 0.3) is 11.3 Å². The van der Waals surface area contributed by atoms with Gasteiger partial charge in [0.15, 0.2) is 0 Å². The molecule has 0 saturated heterocycles. The molecule has 0 atom stereocenters. The fourth-order valence-corrected chi connectivity index (χ4v) is 2.85. The van der Waals surface area contributed by atoms with E-state index in [0.29, 0.717) is 28.7 Å². The molecule has 0 amide bonds. The summed E-state index contributed by atoms with van der Waals surface area (Å²) in [6, 6.07) is 13.1. The highest BCUT2D eigenvalue weighted by molar-refractivity contribution is 5.68. The number of anilines is 3. The zero-order valence-corrected chi connectivity index (χ0v) is 16.4. The van der Waals surface area contributed by atoms with Crippen molar-refractivity contribution in [2.24, 2.45) is 0 Å². The van der Waals surface area contributed by atoms with Gasteiger partial charge in [0.1, 0.15) is 17.3 Å². The molecule has 6 nitrogen and oxygen atoms in total. The van der Waals surface area contributed by atoms with E-state index >= 15 is 0 Å². The molecule has 2 N–H and O–H groups in total. The van der Waals surface area contributed by atoms with Crippen molar-refractivity contribution in [2.75, 3.05) is 10.6 Å². The summed E-state index contributed by atoms with van der Waals surface area (Å²) in [6.45, 7) is -2.92. The van der Waals surface area contributed by atoms with Gasteiger partial charge >= 0.3 is 13.0 Å². The molecule has 32 heavy (non-hydrogen) atoms. The molecule has 0 bridgehead atoms. The van der Waals surface area contributed by atoms with Crippen LogP contribution in [-0.4, -0.2) is 29.0 Å². The zero-order valence-electron chi connectivity index (χ0n) is 16.4. The van der Waals surface area contributed by atoms with Crippen molar-refractivity contribution in [1.82, 2.24) is 9.97 Å². The highest BCUT2D eigenvalue weighted by atomic mass is 19.4. The molecule has 1 heterocycles. The maximum atomic E-state index is 12.6. The number of hydrogen-bond donors (Lipinski definition) is 2. The number of rotatable bonds is 8. The van der Waals surface area contributed by atoms with Gasteiger partial charge in [-0.1, -0.05) is 12.1 Å². The van der Waals surface area contributed by atoms with Crippen molar-refractivity contribution in [3.63, 3.8) is 0 Å². The first-order valence-corrected chi connectivity index (χ1v) is 9.57. The van der Waals surface area contributed by atoms with E-state index in [1.807, 2.05) is 0 Å². The van der Waals surface area contributed by atoms with Gasteiger partial charge in [0.2, 0.25) is 5.95 Å². The lowest BCUT2D eigenvalue weighted by Crippen LogP contribution is -2.17. The second-order valence-electron chi connectivity index (χ2n) is 6.98. The first kappa shape index (κ1) is 21.6. The number of ether oxygens (including phenoxy) is 2. The largest absolute Gasteiger partial charge is 0.573 e. The fraction of sp³-hybridized carbons (Fsp3) is 0.238. The summed E-state index contributed by atoms with van der Waals surface area (Å²) in [5, 5.41) is 6.20. The number of aromatic nitrogens is 2. The van der Waals surface area contributed by atoms with Crippen molar-refractivity contribution in [1.29, 1.82) is 0 Å². The lowest BCUT2D eigenvalue weighted by Gasteiger charge is -2.13. The third-order valence-corrected chi connectivity index (χ3v) is 4.35. The predicted octanol–water partition coefficient (Wildman–Crippen LogP) is 5.96. The Morgan fingerprint density at radius 1 is 0.938 bits per heavy atom. The number of nitrogens with zero attached hydrogens (tertiary/aromatic N) is 2. The summed E-state index contributed by atoms with van der Waals surface area (Å²) in [4.78, 5) is 8.80. The van der Waals surface area contributed by atoms with Crippen LogP contribution in [0.15, 0.2) is 54.6 Å². The van der Waals surface area contributed by atoms with Gasteiger partial charge in [-0.3, -0.25) is 0 Å². The molecule has 1 fully saturated rings. The minimum atomic E-state index is -4.81. The van der Waals surface area contributed by atoms with Crippen LogP contribution in [0.3, 0.4) is 0 Å². The van der Waals surface area contributed by atoms with Crippen LogP contribution in [0, 0.1) is 0 Å². The molecule has 1 aromatic heterocycles. The van der Waals surface area contributed by atoms with Crippen molar-refractivity contribution < 1.29 is 31.4 Å². The number of alkyl halides is 5. The Morgan fingerprint density at radius 3 is 2.34 bits per heavy atom. The summed E-state index contributed by atoms with van der Waals surface area (Å²) in [5.74, 6) is 0.316. The lowest BCUT2D eigenvalue weighted by molar-refractivity contribution is -0.274. The minimum Gasteiger partial charge on any atom is -0.435 e. The Morgan fingerprint density at radius 2 is 1.69 bits per heavy atom. The molecule has 0 unspecified atom stereocenters. The zero-order chi connectivity index (χ0) is 22.7. The van der Waals surface area contributed by atoms with E-state index < -0.39 is 13.0 Å². The standard InChI is InChI=1S/C21H17F5N4O2/c22-19(23)31-15-8-6-13(7-9-15)27-18-11-17(29-20(30-18)28-14-4-5-14)12-2-1-3-16(10-12)32-21(24,25)26/h1-3,6-11,14,19H,4-5H2,(H2,27,28,29,30). The second kappa shape index (κ2) is 8.85. The quantitative estimate of drug-likeness (QED) is 0.411. The molecule has 1 aliphatic rings. The Labute approximate surface area is 179 Å². The number of hydrogen-bond acceptors (Lipinski definition) is 6. The molecule has 3 aromatic rings. The normalized spacial score (nSPS) is 13.7. The first-order chi connectivity index (χ1) is 15.2. The average Bonchev–Trinajstić information content (AvgIpc) is 3.52. The van der Waals surface area contributed by atoms with Gasteiger partial charge in [-0.25, -0.2) is 4.98 Å². The maximum absolute atomic E-state index is 12.6. The maximum Gasteiger partial charge on any atom is 0.573 e. The average molecular weight is 452 g/mol. The van der Waals surface area contributed by atoms with Crippen LogP contribution in [0.5, 0.6) is 11.5 Å². The summed E-state index contributed by atoms with van der Waals surface area (Å²) >= 11 is 0. The van der Waals surface area contributed by atoms with Crippen LogP contribution >= 0.6 is 0 Å². The Bertz CT molecular complexity index is 1070. The van der Waals surface area contributed by atoms with Crippen LogP contribution in [-0.2, 0) is 0 Å². The Balaban J connectivity index is 1.61. The van der Waals surface area contributed by atoms with E-state index in [1.54, 1.807) is 12.1 Å². The molecule has 2 aromatic carbocycles. The monoisotopic (exact) mass is 452 g/mol. The Kier molecular flexibility index (Phi) is 5.97. The van der Waals surface area contributed by atoms with E-state index in [-0.39, 0.29) is 17.5 Å². The van der Waals surface area contributed by atoms with E-state index in [4.69, 9.17) is 0 Å². The highest BCUT2D eigenvalue weighted by Gasteiger charge is 2.31. The van der Waals surface area contributed by atoms with E-state index in [1.165, 1.54) is 42.5 Å². The molecule has 0 aliphatic heterocycles. The van der Waals surface area contributed by atoms with Gasteiger partial charge in [-0.05, 0) is 49.2 Å². The molecule has 0 radical (unpaired) electrons. The topological polar surface area (TPSA) is 68.3 Å².